The van der Waals surface area contributed by atoms with E-state index in [4.69, 9.17) is 14.2 Å². The first-order valence-electron chi connectivity index (χ1n) is 6.44. The highest BCUT2D eigenvalue weighted by Gasteiger charge is 2.23. The number of methoxy groups -OCH3 is 3. The number of halogens is 1. The quantitative estimate of drug-likeness (QED) is 0.621. The summed E-state index contributed by atoms with van der Waals surface area (Å²) >= 11 is 3.69. The van der Waals surface area contributed by atoms with Crippen molar-refractivity contribution in [1.82, 2.24) is 4.90 Å². The van der Waals surface area contributed by atoms with Crippen molar-refractivity contribution < 1.29 is 14.2 Å². The number of hydrogen-bond acceptors (Lipinski definition) is 4. The summed E-state index contributed by atoms with van der Waals surface area (Å²) in [6.07, 6.45) is 3.11. The number of alkyl halides is 1. The van der Waals surface area contributed by atoms with Gasteiger partial charge in [0, 0.05) is 18.7 Å². The van der Waals surface area contributed by atoms with Gasteiger partial charge in [-0.15, -0.1) is 0 Å². The highest BCUT2D eigenvalue weighted by Crippen LogP contribution is 2.42. The molecular weight excluding hydrogens is 322 g/mol. The summed E-state index contributed by atoms with van der Waals surface area (Å²) in [4.78, 5) is 2.56. The second-order valence-corrected chi connectivity index (χ2v) is 5.77. The SMILES string of the molecule is COc1cc(OC)c(C2=CCN(C)[C@H](Br)C2)c(OC)c1. The Morgan fingerprint density at radius 1 is 1.10 bits per heavy atom. The molecule has 0 saturated carbocycles. The van der Waals surface area contributed by atoms with E-state index in [2.05, 4.69) is 34.0 Å². The monoisotopic (exact) mass is 341 g/mol. The third-order valence-corrected chi connectivity index (χ3v) is 4.55. The Bertz CT molecular complexity index is 491. The fourth-order valence-electron chi connectivity index (χ4n) is 2.32. The topological polar surface area (TPSA) is 30.9 Å². The number of hydrogen-bond donors (Lipinski definition) is 0. The molecular formula is C15H20BrNO3. The van der Waals surface area contributed by atoms with E-state index < -0.39 is 0 Å². The highest BCUT2D eigenvalue weighted by molar-refractivity contribution is 9.09. The van der Waals surface area contributed by atoms with Crippen molar-refractivity contribution in [3.05, 3.63) is 23.8 Å². The summed E-state index contributed by atoms with van der Waals surface area (Å²) in [5.41, 5.74) is 2.23. The van der Waals surface area contributed by atoms with Crippen molar-refractivity contribution in [2.75, 3.05) is 34.9 Å². The van der Waals surface area contributed by atoms with Gasteiger partial charge in [0.2, 0.25) is 0 Å². The Hall–Kier alpha value is -1.20. The standard InChI is InChI=1S/C15H20BrNO3/c1-17-6-5-10(7-14(17)16)15-12(19-3)8-11(18-2)9-13(15)20-4/h5,8-9,14H,6-7H2,1-4H3/t14-/m0/s1. The predicted octanol–water partition coefficient (Wildman–Crippen LogP) is 3.15. The Morgan fingerprint density at radius 2 is 1.70 bits per heavy atom. The molecule has 1 atom stereocenters. The molecule has 0 amide bonds. The van der Waals surface area contributed by atoms with Crippen LogP contribution in [0.5, 0.6) is 17.2 Å². The van der Waals surface area contributed by atoms with Crippen LogP contribution >= 0.6 is 15.9 Å². The molecule has 1 aromatic carbocycles. The zero-order valence-electron chi connectivity index (χ0n) is 12.3. The lowest BCUT2D eigenvalue weighted by atomic mass is 9.97. The average molecular weight is 342 g/mol. The van der Waals surface area contributed by atoms with Crippen LogP contribution in [-0.2, 0) is 0 Å². The molecule has 1 heterocycles. The maximum absolute atomic E-state index is 5.52. The van der Waals surface area contributed by atoms with Gasteiger partial charge in [-0.3, -0.25) is 4.90 Å². The summed E-state index contributed by atoms with van der Waals surface area (Å²) in [5.74, 6) is 2.28. The van der Waals surface area contributed by atoms with Crippen molar-refractivity contribution in [3.63, 3.8) is 0 Å². The van der Waals surface area contributed by atoms with Crippen LogP contribution in [0.2, 0.25) is 0 Å². The first kappa shape index (κ1) is 15.2. The highest BCUT2D eigenvalue weighted by atomic mass is 79.9. The molecule has 4 nitrogen and oxygen atoms in total. The molecule has 5 heteroatoms. The Morgan fingerprint density at radius 3 is 2.15 bits per heavy atom. The molecule has 0 N–H and O–H groups in total. The van der Waals surface area contributed by atoms with Gasteiger partial charge in [-0.2, -0.15) is 0 Å². The maximum Gasteiger partial charge on any atom is 0.133 e. The Labute approximate surface area is 128 Å². The van der Waals surface area contributed by atoms with E-state index in [0.717, 1.165) is 35.8 Å². The molecule has 0 unspecified atom stereocenters. The van der Waals surface area contributed by atoms with Crippen LogP contribution in [0.25, 0.3) is 5.57 Å². The summed E-state index contributed by atoms with van der Waals surface area (Å²) in [5, 5.41) is 0. The fourth-order valence-corrected chi connectivity index (χ4v) is 2.83. The summed E-state index contributed by atoms with van der Waals surface area (Å²) < 4.78 is 16.3. The summed E-state index contributed by atoms with van der Waals surface area (Å²) in [7, 11) is 7.06. The first-order chi connectivity index (χ1) is 9.60. The molecule has 1 aliphatic heterocycles. The lowest BCUT2D eigenvalue weighted by molar-refractivity contribution is 0.343. The van der Waals surface area contributed by atoms with E-state index in [9.17, 15) is 0 Å². The molecule has 0 fully saturated rings. The van der Waals surface area contributed by atoms with E-state index >= 15 is 0 Å². The second kappa shape index (κ2) is 6.50. The van der Waals surface area contributed by atoms with Gasteiger partial charge in [-0.25, -0.2) is 0 Å². The normalized spacial score (nSPS) is 19.4. The predicted molar refractivity (Wildman–Crippen MR) is 84.0 cm³/mol. The third kappa shape index (κ3) is 2.94. The van der Waals surface area contributed by atoms with Crippen LogP contribution in [0.4, 0.5) is 0 Å². The minimum absolute atomic E-state index is 0.319. The van der Waals surface area contributed by atoms with Gasteiger partial charge < -0.3 is 14.2 Å². The number of rotatable bonds is 4. The van der Waals surface area contributed by atoms with Crippen molar-refractivity contribution in [2.24, 2.45) is 0 Å². The van der Waals surface area contributed by atoms with Gasteiger partial charge in [0.25, 0.3) is 0 Å². The van der Waals surface area contributed by atoms with Crippen molar-refractivity contribution in [1.29, 1.82) is 0 Å². The summed E-state index contributed by atoms with van der Waals surface area (Å²) in [6, 6.07) is 3.78. The van der Waals surface area contributed by atoms with Crippen LogP contribution in [0.3, 0.4) is 0 Å². The van der Waals surface area contributed by atoms with Crippen LogP contribution < -0.4 is 14.2 Å². The number of benzene rings is 1. The number of ether oxygens (including phenoxy) is 3. The number of likely N-dealkylation sites (N-methyl/N-ethyl adjacent to an activating group) is 1. The van der Waals surface area contributed by atoms with Gasteiger partial charge in [-0.1, -0.05) is 22.0 Å². The number of nitrogens with zero attached hydrogens (tertiary/aromatic N) is 1. The van der Waals surface area contributed by atoms with Gasteiger partial charge in [0.15, 0.2) is 0 Å². The van der Waals surface area contributed by atoms with E-state index in [0.29, 0.717) is 4.95 Å². The van der Waals surface area contributed by atoms with E-state index in [1.54, 1.807) is 21.3 Å². The molecule has 0 bridgehead atoms. The van der Waals surface area contributed by atoms with E-state index in [-0.39, 0.29) is 0 Å². The second-order valence-electron chi connectivity index (χ2n) is 4.71. The van der Waals surface area contributed by atoms with Crippen LogP contribution in [-0.4, -0.2) is 44.8 Å². The maximum atomic E-state index is 5.52. The van der Waals surface area contributed by atoms with Gasteiger partial charge >= 0.3 is 0 Å². The first-order valence-corrected chi connectivity index (χ1v) is 7.36. The van der Waals surface area contributed by atoms with Crippen molar-refractivity contribution in [3.8, 4) is 17.2 Å². The fraction of sp³-hybridized carbons (Fsp3) is 0.467. The zero-order chi connectivity index (χ0) is 14.7. The molecule has 110 valence electrons. The van der Waals surface area contributed by atoms with Crippen LogP contribution in [0.1, 0.15) is 12.0 Å². The van der Waals surface area contributed by atoms with Crippen LogP contribution in [0.15, 0.2) is 18.2 Å². The van der Waals surface area contributed by atoms with E-state index in [1.165, 1.54) is 5.57 Å². The van der Waals surface area contributed by atoms with Gasteiger partial charge in [0.1, 0.15) is 17.2 Å². The molecule has 20 heavy (non-hydrogen) atoms. The lowest BCUT2D eigenvalue weighted by Gasteiger charge is -2.29. The van der Waals surface area contributed by atoms with Crippen molar-refractivity contribution >= 4 is 21.5 Å². The molecule has 0 saturated heterocycles. The molecule has 1 aliphatic rings. The van der Waals surface area contributed by atoms with Crippen molar-refractivity contribution in [2.45, 2.75) is 11.4 Å². The molecule has 1 aromatic rings. The van der Waals surface area contributed by atoms with Gasteiger partial charge in [0.05, 0.1) is 31.8 Å². The zero-order valence-corrected chi connectivity index (χ0v) is 13.9. The largest absolute Gasteiger partial charge is 0.496 e. The minimum Gasteiger partial charge on any atom is -0.496 e. The molecule has 2 rings (SSSR count). The average Bonchev–Trinajstić information content (AvgIpc) is 2.48. The van der Waals surface area contributed by atoms with Crippen LogP contribution in [0, 0.1) is 0 Å². The van der Waals surface area contributed by atoms with E-state index in [1.807, 2.05) is 12.1 Å². The Kier molecular flexibility index (Phi) is 4.94. The summed E-state index contributed by atoms with van der Waals surface area (Å²) in [6.45, 7) is 0.892. The Balaban J connectivity index is 2.49. The lowest BCUT2D eigenvalue weighted by Crippen LogP contribution is -2.30. The molecule has 0 spiro atoms. The smallest absolute Gasteiger partial charge is 0.133 e. The molecule has 0 aliphatic carbocycles. The van der Waals surface area contributed by atoms with Gasteiger partial charge in [-0.05, 0) is 19.0 Å². The molecule has 0 radical (unpaired) electrons. The third-order valence-electron chi connectivity index (χ3n) is 3.53. The minimum atomic E-state index is 0.319. The molecule has 0 aromatic heterocycles.